The maximum absolute atomic E-state index is 13.4. The summed E-state index contributed by atoms with van der Waals surface area (Å²) in [6, 6.07) is 7.45. The number of nitrogen functional groups attached to an aromatic ring is 2. The lowest BCUT2D eigenvalue weighted by Gasteiger charge is -2.06. The molecule has 1 aromatic heterocycles. The van der Waals surface area contributed by atoms with E-state index in [0.717, 1.165) is 0 Å². The number of carbonyl (C=O) groups excluding carboxylic acids is 1. The van der Waals surface area contributed by atoms with Crippen molar-refractivity contribution < 1.29 is 9.18 Å². The molecule has 0 atom stereocenters. The highest BCUT2D eigenvalue weighted by molar-refractivity contribution is 7.99. The first-order valence-electron chi connectivity index (χ1n) is 6.12. The Morgan fingerprint density at radius 3 is 2.57 bits per heavy atom. The number of para-hydroxylation sites is 1. The van der Waals surface area contributed by atoms with Crippen LogP contribution in [0.3, 0.4) is 0 Å². The summed E-state index contributed by atoms with van der Waals surface area (Å²) < 4.78 is 13.4. The number of hydrogen-bond donors (Lipinski definition) is 3. The second-order valence-electron chi connectivity index (χ2n) is 4.13. The first-order chi connectivity index (χ1) is 10.0. The van der Waals surface area contributed by atoms with Gasteiger partial charge < -0.3 is 16.8 Å². The van der Waals surface area contributed by atoms with Gasteiger partial charge in [-0.15, -0.1) is 0 Å². The molecule has 2 rings (SSSR count). The smallest absolute Gasteiger partial charge is 0.225 e. The molecule has 1 amide bonds. The number of nitrogens with two attached hydrogens (primary N) is 2. The van der Waals surface area contributed by atoms with Gasteiger partial charge in [0, 0.05) is 18.2 Å². The monoisotopic (exact) mass is 307 g/mol. The third-order valence-electron chi connectivity index (χ3n) is 2.45. The van der Waals surface area contributed by atoms with Crippen LogP contribution in [-0.2, 0) is 4.79 Å². The summed E-state index contributed by atoms with van der Waals surface area (Å²) in [7, 11) is 0. The average Bonchev–Trinajstić information content (AvgIpc) is 2.40. The Morgan fingerprint density at radius 2 is 1.90 bits per heavy atom. The number of halogens is 1. The highest BCUT2D eigenvalue weighted by atomic mass is 32.2. The highest BCUT2D eigenvalue weighted by Gasteiger charge is 2.07. The second kappa shape index (κ2) is 6.89. The van der Waals surface area contributed by atoms with E-state index in [2.05, 4.69) is 15.3 Å². The summed E-state index contributed by atoms with van der Waals surface area (Å²) in [5, 5.41) is 2.91. The molecule has 1 heterocycles. The molecule has 0 radical (unpaired) electrons. The molecule has 0 aliphatic rings. The lowest BCUT2D eigenvalue weighted by atomic mass is 10.3. The number of hydrogen-bond acceptors (Lipinski definition) is 6. The number of nitrogens with zero attached hydrogens (tertiary/aromatic N) is 2. The van der Waals surface area contributed by atoms with Gasteiger partial charge >= 0.3 is 0 Å². The van der Waals surface area contributed by atoms with Crippen LogP contribution in [0.25, 0.3) is 0 Å². The normalized spacial score (nSPS) is 10.3. The maximum atomic E-state index is 13.4. The van der Waals surface area contributed by atoms with E-state index in [9.17, 15) is 9.18 Å². The van der Waals surface area contributed by atoms with E-state index in [0.29, 0.717) is 10.9 Å². The minimum Gasteiger partial charge on any atom is -0.383 e. The van der Waals surface area contributed by atoms with Crippen molar-refractivity contribution in [3.8, 4) is 0 Å². The first kappa shape index (κ1) is 15.0. The van der Waals surface area contributed by atoms with Crippen LogP contribution in [0, 0.1) is 5.82 Å². The zero-order chi connectivity index (χ0) is 15.2. The van der Waals surface area contributed by atoms with Crippen LogP contribution in [0.15, 0.2) is 35.5 Å². The summed E-state index contributed by atoms with van der Waals surface area (Å²) in [6.07, 6.45) is 0.192. The molecule has 1 aromatic carbocycles. The Hall–Kier alpha value is -2.35. The van der Waals surface area contributed by atoms with E-state index in [-0.39, 0.29) is 29.7 Å². The summed E-state index contributed by atoms with van der Waals surface area (Å²) in [6.45, 7) is 0. The predicted molar refractivity (Wildman–Crippen MR) is 81.2 cm³/mol. The second-order valence-corrected chi connectivity index (χ2v) is 5.19. The van der Waals surface area contributed by atoms with Gasteiger partial charge in [-0.05, 0) is 12.1 Å². The Morgan fingerprint density at radius 1 is 1.24 bits per heavy atom. The van der Waals surface area contributed by atoms with Crippen molar-refractivity contribution in [1.82, 2.24) is 9.97 Å². The van der Waals surface area contributed by atoms with E-state index in [4.69, 9.17) is 11.5 Å². The lowest BCUT2D eigenvalue weighted by Crippen LogP contribution is -2.13. The van der Waals surface area contributed by atoms with Gasteiger partial charge in [0.2, 0.25) is 5.91 Å². The van der Waals surface area contributed by atoms with E-state index in [1.807, 2.05) is 0 Å². The standard InChI is InChI=1S/C13H14FN5OS/c14-8-3-1-2-4-9(8)17-12(20)5-6-21-13-18-10(15)7-11(16)19-13/h1-4,7H,5-6H2,(H,17,20)(H4,15,16,18,19). The number of nitrogens with one attached hydrogen (secondary N) is 1. The average molecular weight is 307 g/mol. The van der Waals surface area contributed by atoms with Crippen molar-refractivity contribution in [2.24, 2.45) is 0 Å². The van der Waals surface area contributed by atoms with Gasteiger partial charge in [0.15, 0.2) is 5.16 Å². The molecule has 8 heteroatoms. The van der Waals surface area contributed by atoms with Gasteiger partial charge in [-0.25, -0.2) is 14.4 Å². The zero-order valence-corrected chi connectivity index (χ0v) is 11.9. The van der Waals surface area contributed by atoms with Gasteiger partial charge in [-0.2, -0.15) is 0 Å². The number of amides is 1. The lowest BCUT2D eigenvalue weighted by molar-refractivity contribution is -0.115. The van der Waals surface area contributed by atoms with Crippen molar-refractivity contribution in [3.05, 3.63) is 36.1 Å². The van der Waals surface area contributed by atoms with Crippen molar-refractivity contribution in [3.63, 3.8) is 0 Å². The SMILES string of the molecule is Nc1cc(N)nc(SCCC(=O)Nc2ccccc2F)n1. The molecule has 5 N–H and O–H groups in total. The molecule has 0 aliphatic carbocycles. The van der Waals surface area contributed by atoms with Crippen LogP contribution >= 0.6 is 11.8 Å². The van der Waals surface area contributed by atoms with Gasteiger partial charge in [0.1, 0.15) is 17.5 Å². The first-order valence-corrected chi connectivity index (χ1v) is 7.10. The molecule has 2 aromatic rings. The van der Waals surface area contributed by atoms with Crippen LogP contribution in [0.1, 0.15) is 6.42 Å². The van der Waals surface area contributed by atoms with E-state index in [1.54, 1.807) is 12.1 Å². The van der Waals surface area contributed by atoms with E-state index in [1.165, 1.54) is 30.0 Å². The molecule has 0 unspecified atom stereocenters. The quantitative estimate of drug-likeness (QED) is 0.575. The third kappa shape index (κ3) is 4.60. The van der Waals surface area contributed by atoms with Crippen LogP contribution in [0.2, 0.25) is 0 Å². The summed E-state index contributed by atoms with van der Waals surface area (Å²) in [4.78, 5) is 19.7. The van der Waals surface area contributed by atoms with Gasteiger partial charge in [-0.1, -0.05) is 23.9 Å². The molecular formula is C13H14FN5OS. The van der Waals surface area contributed by atoms with Gasteiger partial charge in [0.05, 0.1) is 5.69 Å². The van der Waals surface area contributed by atoms with Crippen LogP contribution < -0.4 is 16.8 Å². The zero-order valence-electron chi connectivity index (χ0n) is 11.0. The van der Waals surface area contributed by atoms with Crippen molar-refractivity contribution >= 4 is 35.0 Å². The fraction of sp³-hybridized carbons (Fsp3) is 0.154. The molecule has 110 valence electrons. The molecule has 0 spiro atoms. The molecule has 0 saturated heterocycles. The Labute approximate surface area is 125 Å². The molecular weight excluding hydrogens is 293 g/mol. The number of thioether (sulfide) groups is 1. The fourth-order valence-electron chi connectivity index (χ4n) is 1.54. The van der Waals surface area contributed by atoms with Gasteiger partial charge in [0.25, 0.3) is 0 Å². The molecule has 0 saturated carbocycles. The van der Waals surface area contributed by atoms with Crippen LogP contribution in [0.4, 0.5) is 21.7 Å². The third-order valence-corrected chi connectivity index (χ3v) is 3.30. The minimum absolute atomic E-state index is 0.164. The van der Waals surface area contributed by atoms with Crippen molar-refractivity contribution in [1.29, 1.82) is 0 Å². The molecule has 6 nitrogen and oxygen atoms in total. The Kier molecular flexibility index (Phi) is 4.94. The largest absolute Gasteiger partial charge is 0.383 e. The van der Waals surface area contributed by atoms with Crippen molar-refractivity contribution in [2.75, 3.05) is 22.5 Å². The topological polar surface area (TPSA) is 107 Å². The number of rotatable bonds is 5. The van der Waals surface area contributed by atoms with Crippen molar-refractivity contribution in [2.45, 2.75) is 11.6 Å². The Bertz CT molecular complexity index is 632. The number of aromatic nitrogens is 2. The van der Waals surface area contributed by atoms with Crippen LogP contribution in [0.5, 0.6) is 0 Å². The number of anilines is 3. The number of carbonyl (C=O) groups is 1. The van der Waals surface area contributed by atoms with Crippen LogP contribution in [-0.4, -0.2) is 21.6 Å². The van der Waals surface area contributed by atoms with E-state index >= 15 is 0 Å². The molecule has 21 heavy (non-hydrogen) atoms. The van der Waals surface area contributed by atoms with E-state index < -0.39 is 5.82 Å². The molecule has 0 bridgehead atoms. The summed E-state index contributed by atoms with van der Waals surface area (Å²) >= 11 is 1.26. The fourth-order valence-corrected chi connectivity index (χ4v) is 2.35. The molecule has 0 aliphatic heterocycles. The Balaban J connectivity index is 1.83. The minimum atomic E-state index is -0.467. The van der Waals surface area contributed by atoms with Gasteiger partial charge in [-0.3, -0.25) is 4.79 Å². The predicted octanol–water partition coefficient (Wildman–Crippen LogP) is 1.90. The summed E-state index contributed by atoms with van der Waals surface area (Å²) in [5.41, 5.74) is 11.3. The maximum Gasteiger partial charge on any atom is 0.225 e. The highest BCUT2D eigenvalue weighted by Crippen LogP contribution is 2.18. The summed E-state index contributed by atoms with van der Waals surface area (Å²) in [5.74, 6) is 0.236. The molecule has 0 fully saturated rings. The number of benzene rings is 1.